The zero-order chi connectivity index (χ0) is 7.11. The van der Waals surface area contributed by atoms with Crippen molar-refractivity contribution < 1.29 is 4.84 Å². The van der Waals surface area contributed by atoms with Crippen LogP contribution in [-0.4, -0.2) is 31.3 Å². The van der Waals surface area contributed by atoms with Gasteiger partial charge in [-0.3, -0.25) is 4.84 Å². The number of nitrogens with two attached hydrogens (primary N) is 1. The lowest BCUT2D eigenvalue weighted by Crippen LogP contribution is -2.26. The second-order valence-corrected chi connectivity index (χ2v) is 1.74. The summed E-state index contributed by atoms with van der Waals surface area (Å²) in [6, 6.07) is 0. The molecule has 0 unspecified atom stereocenters. The van der Waals surface area contributed by atoms with Crippen LogP contribution >= 0.6 is 0 Å². The molecular formula is C6H16N2O. The van der Waals surface area contributed by atoms with Crippen LogP contribution in [0.5, 0.6) is 0 Å². The van der Waals surface area contributed by atoms with Crippen molar-refractivity contribution in [2.75, 3.05) is 26.2 Å². The maximum absolute atomic E-state index is 5.23. The van der Waals surface area contributed by atoms with Crippen LogP contribution in [0, 0.1) is 0 Å². The van der Waals surface area contributed by atoms with Crippen LogP contribution in [0.25, 0.3) is 0 Å². The molecular weight excluding hydrogens is 116 g/mol. The Morgan fingerprint density at radius 2 is 1.89 bits per heavy atom. The molecule has 3 nitrogen and oxygen atoms in total. The molecule has 2 N–H and O–H groups in total. The van der Waals surface area contributed by atoms with Crippen molar-refractivity contribution in [1.29, 1.82) is 0 Å². The van der Waals surface area contributed by atoms with Gasteiger partial charge in [-0.1, -0.05) is 13.8 Å². The molecule has 0 bridgehead atoms. The van der Waals surface area contributed by atoms with Gasteiger partial charge in [0.2, 0.25) is 0 Å². The van der Waals surface area contributed by atoms with E-state index in [9.17, 15) is 0 Å². The molecule has 0 aromatic rings. The van der Waals surface area contributed by atoms with Crippen molar-refractivity contribution >= 4 is 0 Å². The van der Waals surface area contributed by atoms with Gasteiger partial charge in [0.1, 0.15) is 0 Å². The minimum absolute atomic E-state index is 0.594. The number of hydroxylamine groups is 2. The second-order valence-electron chi connectivity index (χ2n) is 1.74. The van der Waals surface area contributed by atoms with Crippen molar-refractivity contribution in [2.24, 2.45) is 5.73 Å². The standard InChI is InChI=1S/C6H16N2O/c1-3-8(4-2)9-6-5-7/h3-7H2,1-2H3. The lowest BCUT2D eigenvalue weighted by atomic mass is 10.6. The predicted octanol–water partition coefficient (Wildman–Crippen LogP) is 0.219. The smallest absolute Gasteiger partial charge is 0.0807 e. The Bertz CT molecular complexity index is 55.0. The molecule has 3 heteroatoms. The average molecular weight is 132 g/mol. The first-order valence-electron chi connectivity index (χ1n) is 3.43. The first kappa shape index (κ1) is 8.88. The topological polar surface area (TPSA) is 38.5 Å². The summed E-state index contributed by atoms with van der Waals surface area (Å²) in [4.78, 5) is 5.20. The normalized spacial score (nSPS) is 10.7. The van der Waals surface area contributed by atoms with Crippen LogP contribution in [0.4, 0.5) is 0 Å². The highest BCUT2D eigenvalue weighted by Crippen LogP contribution is 1.86. The van der Waals surface area contributed by atoms with E-state index in [1.54, 1.807) is 0 Å². The highest BCUT2D eigenvalue weighted by Gasteiger charge is 1.94. The zero-order valence-electron chi connectivity index (χ0n) is 6.26. The third-order valence-corrected chi connectivity index (χ3v) is 1.10. The van der Waals surface area contributed by atoms with Gasteiger partial charge in [-0.15, -0.1) is 0 Å². The van der Waals surface area contributed by atoms with Gasteiger partial charge >= 0.3 is 0 Å². The van der Waals surface area contributed by atoms with E-state index < -0.39 is 0 Å². The van der Waals surface area contributed by atoms with Gasteiger partial charge in [-0.2, -0.15) is 5.06 Å². The number of rotatable bonds is 5. The van der Waals surface area contributed by atoms with Gasteiger partial charge in [0, 0.05) is 19.6 Å². The summed E-state index contributed by atoms with van der Waals surface area (Å²) in [6.45, 7) is 7.19. The molecule has 0 saturated heterocycles. The van der Waals surface area contributed by atoms with Crippen molar-refractivity contribution in [1.82, 2.24) is 5.06 Å². The van der Waals surface area contributed by atoms with Gasteiger partial charge in [-0.05, 0) is 0 Å². The third kappa shape index (κ3) is 4.39. The highest BCUT2D eigenvalue weighted by molar-refractivity contribution is 4.34. The van der Waals surface area contributed by atoms with Crippen LogP contribution in [0.3, 0.4) is 0 Å². The zero-order valence-corrected chi connectivity index (χ0v) is 6.26. The maximum atomic E-state index is 5.23. The fraction of sp³-hybridized carbons (Fsp3) is 1.00. The monoisotopic (exact) mass is 132 g/mol. The van der Waals surface area contributed by atoms with E-state index in [4.69, 9.17) is 10.6 Å². The van der Waals surface area contributed by atoms with Gasteiger partial charge in [-0.25, -0.2) is 0 Å². The molecule has 0 aromatic carbocycles. The Morgan fingerprint density at radius 3 is 2.22 bits per heavy atom. The lowest BCUT2D eigenvalue weighted by molar-refractivity contribution is -0.149. The van der Waals surface area contributed by atoms with Gasteiger partial charge < -0.3 is 5.73 Å². The molecule has 0 saturated carbocycles. The molecule has 0 radical (unpaired) electrons. The van der Waals surface area contributed by atoms with E-state index in [0.29, 0.717) is 13.2 Å². The lowest BCUT2D eigenvalue weighted by Gasteiger charge is -2.16. The van der Waals surface area contributed by atoms with Crippen molar-refractivity contribution in [3.8, 4) is 0 Å². The summed E-state index contributed by atoms with van der Waals surface area (Å²) >= 11 is 0. The van der Waals surface area contributed by atoms with Crippen LogP contribution in [-0.2, 0) is 4.84 Å². The molecule has 0 aliphatic carbocycles. The van der Waals surface area contributed by atoms with Gasteiger partial charge in [0.05, 0.1) is 6.61 Å². The van der Waals surface area contributed by atoms with E-state index in [0.717, 1.165) is 13.1 Å². The SMILES string of the molecule is CCN(CC)OCCN. The number of nitrogens with zero attached hydrogens (tertiary/aromatic N) is 1. The Kier molecular flexibility index (Phi) is 5.93. The highest BCUT2D eigenvalue weighted by atomic mass is 16.7. The van der Waals surface area contributed by atoms with Crippen LogP contribution in [0.2, 0.25) is 0 Å². The summed E-state index contributed by atoms with van der Waals surface area (Å²) in [5.41, 5.74) is 5.23. The average Bonchev–Trinajstić information content (AvgIpc) is 1.91. The number of hydrogen-bond donors (Lipinski definition) is 1. The third-order valence-electron chi connectivity index (χ3n) is 1.10. The summed E-state index contributed by atoms with van der Waals surface area (Å²) in [5.74, 6) is 0. The Hall–Kier alpha value is -0.120. The van der Waals surface area contributed by atoms with E-state index in [1.807, 2.05) is 5.06 Å². The minimum atomic E-state index is 0.594. The number of hydrogen-bond acceptors (Lipinski definition) is 3. The molecule has 0 aromatic heterocycles. The maximum Gasteiger partial charge on any atom is 0.0807 e. The van der Waals surface area contributed by atoms with Crippen molar-refractivity contribution in [3.63, 3.8) is 0 Å². The largest absolute Gasteiger partial charge is 0.328 e. The summed E-state index contributed by atoms with van der Waals surface area (Å²) in [6.07, 6.45) is 0. The van der Waals surface area contributed by atoms with Gasteiger partial charge in [0.15, 0.2) is 0 Å². The van der Waals surface area contributed by atoms with Crippen LogP contribution in [0.15, 0.2) is 0 Å². The second kappa shape index (κ2) is 6.01. The van der Waals surface area contributed by atoms with Crippen molar-refractivity contribution in [3.05, 3.63) is 0 Å². The summed E-state index contributed by atoms with van der Waals surface area (Å²) in [7, 11) is 0. The van der Waals surface area contributed by atoms with E-state index in [2.05, 4.69) is 13.8 Å². The molecule has 0 fully saturated rings. The Balaban J connectivity index is 3.09. The fourth-order valence-corrected chi connectivity index (χ4v) is 0.588. The molecule has 0 aliphatic heterocycles. The molecule has 0 atom stereocenters. The van der Waals surface area contributed by atoms with Crippen LogP contribution < -0.4 is 5.73 Å². The van der Waals surface area contributed by atoms with E-state index in [1.165, 1.54) is 0 Å². The predicted molar refractivity (Wildman–Crippen MR) is 37.9 cm³/mol. The van der Waals surface area contributed by atoms with Gasteiger partial charge in [0.25, 0.3) is 0 Å². The van der Waals surface area contributed by atoms with Crippen LogP contribution in [0.1, 0.15) is 13.8 Å². The molecule has 0 amide bonds. The first-order chi connectivity index (χ1) is 4.35. The van der Waals surface area contributed by atoms with Crippen molar-refractivity contribution in [2.45, 2.75) is 13.8 Å². The molecule has 0 aliphatic rings. The molecule has 56 valence electrons. The molecule has 0 spiro atoms. The minimum Gasteiger partial charge on any atom is -0.328 e. The summed E-state index contributed by atoms with van der Waals surface area (Å²) in [5, 5.41) is 1.88. The molecule has 9 heavy (non-hydrogen) atoms. The van der Waals surface area contributed by atoms with E-state index >= 15 is 0 Å². The molecule has 0 rings (SSSR count). The Labute approximate surface area is 56.7 Å². The first-order valence-corrected chi connectivity index (χ1v) is 3.43. The molecule has 0 heterocycles. The Morgan fingerprint density at radius 1 is 1.33 bits per heavy atom. The quantitative estimate of drug-likeness (QED) is 0.544. The summed E-state index contributed by atoms with van der Waals surface area (Å²) < 4.78 is 0. The van der Waals surface area contributed by atoms with E-state index in [-0.39, 0.29) is 0 Å². The fourth-order valence-electron chi connectivity index (χ4n) is 0.588.